The van der Waals surface area contributed by atoms with Crippen LogP contribution in [-0.2, 0) is 14.8 Å². The van der Waals surface area contributed by atoms with Crippen molar-refractivity contribution in [2.45, 2.75) is 17.7 Å². The van der Waals surface area contributed by atoms with Crippen molar-refractivity contribution >= 4 is 38.1 Å². The maximum atomic E-state index is 13.2. The smallest absolute Gasteiger partial charge is 0.241 e. The van der Waals surface area contributed by atoms with Gasteiger partial charge in [0, 0.05) is 49.3 Å². The molecule has 1 atom stereocenters. The zero-order valence-corrected chi connectivity index (χ0v) is 18.6. The first-order chi connectivity index (χ1) is 14.9. The lowest BCUT2D eigenvalue weighted by molar-refractivity contribution is -0.123. The molecular weight excluding hydrogens is 410 g/mol. The molecule has 1 saturated heterocycles. The van der Waals surface area contributed by atoms with E-state index in [2.05, 4.69) is 4.72 Å². The Hall–Kier alpha value is -2.90. The standard InChI is InChI=1S/C24H27N3O3S/c1-26(2)22-14-6-13-21-20(22)12-7-15-23(21)31(29,30)25-17-18-9-8-16-27(24(18)28)19-10-4-3-5-11-19/h3-7,10-15,18,25H,8-9,16-17H2,1-2H3/t18-/m0/s1. The first kappa shape index (κ1) is 21.3. The predicted molar refractivity (Wildman–Crippen MR) is 125 cm³/mol. The first-order valence-corrected chi connectivity index (χ1v) is 11.9. The molecule has 4 rings (SSSR count). The number of nitrogens with zero attached hydrogens (tertiary/aromatic N) is 2. The number of hydrogen-bond acceptors (Lipinski definition) is 4. The van der Waals surface area contributed by atoms with E-state index in [9.17, 15) is 13.2 Å². The Morgan fingerprint density at radius 3 is 2.42 bits per heavy atom. The molecule has 3 aromatic carbocycles. The number of amides is 1. The van der Waals surface area contributed by atoms with Gasteiger partial charge in [-0.15, -0.1) is 0 Å². The molecule has 1 amide bonds. The van der Waals surface area contributed by atoms with E-state index >= 15 is 0 Å². The van der Waals surface area contributed by atoms with Gasteiger partial charge in [0.2, 0.25) is 15.9 Å². The van der Waals surface area contributed by atoms with Crippen molar-refractivity contribution in [2.75, 3.05) is 37.0 Å². The van der Waals surface area contributed by atoms with Crippen molar-refractivity contribution in [3.05, 3.63) is 66.7 Å². The van der Waals surface area contributed by atoms with E-state index in [0.717, 1.165) is 23.2 Å². The number of anilines is 2. The Bertz CT molecular complexity index is 1190. The van der Waals surface area contributed by atoms with Crippen molar-refractivity contribution in [3.8, 4) is 0 Å². The molecule has 0 bridgehead atoms. The van der Waals surface area contributed by atoms with Crippen molar-refractivity contribution in [1.82, 2.24) is 4.72 Å². The highest BCUT2D eigenvalue weighted by Crippen LogP contribution is 2.30. The molecule has 31 heavy (non-hydrogen) atoms. The molecule has 162 valence electrons. The van der Waals surface area contributed by atoms with Crippen molar-refractivity contribution in [3.63, 3.8) is 0 Å². The fourth-order valence-corrected chi connectivity index (χ4v) is 5.48. The molecule has 0 aromatic heterocycles. The number of hydrogen-bond donors (Lipinski definition) is 1. The summed E-state index contributed by atoms with van der Waals surface area (Å²) in [6.07, 6.45) is 1.51. The maximum Gasteiger partial charge on any atom is 0.241 e. The molecule has 0 radical (unpaired) electrons. The molecule has 7 heteroatoms. The molecule has 1 heterocycles. The molecule has 1 N–H and O–H groups in total. The second-order valence-corrected chi connectivity index (χ2v) is 9.77. The molecule has 0 spiro atoms. The van der Waals surface area contributed by atoms with Gasteiger partial charge in [0.05, 0.1) is 10.8 Å². The van der Waals surface area contributed by atoms with Crippen LogP contribution in [0.1, 0.15) is 12.8 Å². The Balaban J connectivity index is 1.56. The van der Waals surface area contributed by atoms with Crippen LogP contribution in [0.15, 0.2) is 71.6 Å². The fraction of sp³-hybridized carbons (Fsp3) is 0.292. The Labute approximate surface area is 183 Å². The summed E-state index contributed by atoms with van der Waals surface area (Å²) < 4.78 is 29.1. The van der Waals surface area contributed by atoms with Crippen LogP contribution in [0.2, 0.25) is 0 Å². The summed E-state index contributed by atoms with van der Waals surface area (Å²) in [5, 5.41) is 1.54. The number of benzene rings is 3. The van der Waals surface area contributed by atoms with Gasteiger partial charge in [0.15, 0.2) is 0 Å². The zero-order valence-electron chi connectivity index (χ0n) is 17.8. The summed E-state index contributed by atoms with van der Waals surface area (Å²) in [5.74, 6) is -0.413. The molecule has 0 saturated carbocycles. The maximum absolute atomic E-state index is 13.2. The van der Waals surface area contributed by atoms with E-state index in [-0.39, 0.29) is 23.3 Å². The minimum atomic E-state index is -3.77. The number of carbonyl (C=O) groups excluding carboxylic acids is 1. The van der Waals surface area contributed by atoms with Gasteiger partial charge in [-0.3, -0.25) is 4.79 Å². The fourth-order valence-electron chi connectivity index (χ4n) is 4.18. The lowest BCUT2D eigenvalue weighted by atomic mass is 9.97. The quantitative estimate of drug-likeness (QED) is 0.639. The number of piperidine rings is 1. The molecule has 1 aliphatic heterocycles. The average molecular weight is 438 g/mol. The summed E-state index contributed by atoms with van der Waals surface area (Å²) in [6, 6.07) is 20.5. The van der Waals surface area contributed by atoms with Crippen molar-refractivity contribution in [1.29, 1.82) is 0 Å². The first-order valence-electron chi connectivity index (χ1n) is 10.4. The molecule has 0 aliphatic carbocycles. The summed E-state index contributed by atoms with van der Waals surface area (Å²) in [5.41, 5.74) is 1.81. The van der Waals surface area contributed by atoms with Gasteiger partial charge < -0.3 is 9.80 Å². The minimum Gasteiger partial charge on any atom is -0.377 e. The van der Waals surface area contributed by atoms with E-state index in [4.69, 9.17) is 0 Å². The van der Waals surface area contributed by atoms with Crippen LogP contribution in [-0.4, -0.2) is 41.5 Å². The normalized spacial score (nSPS) is 17.2. The van der Waals surface area contributed by atoms with Crippen molar-refractivity contribution < 1.29 is 13.2 Å². The van der Waals surface area contributed by atoms with Crippen LogP contribution in [0.25, 0.3) is 10.8 Å². The summed E-state index contributed by atoms with van der Waals surface area (Å²) in [4.78, 5) is 16.9. The van der Waals surface area contributed by atoms with Crippen LogP contribution in [0.3, 0.4) is 0 Å². The van der Waals surface area contributed by atoms with Crippen LogP contribution in [0, 0.1) is 5.92 Å². The number of fused-ring (bicyclic) bond motifs is 1. The highest BCUT2D eigenvalue weighted by atomic mass is 32.2. The van der Waals surface area contributed by atoms with Gasteiger partial charge in [0.1, 0.15) is 0 Å². The summed E-state index contributed by atoms with van der Waals surface area (Å²) >= 11 is 0. The van der Waals surface area contributed by atoms with E-state index in [0.29, 0.717) is 18.4 Å². The third kappa shape index (κ3) is 4.29. The lowest BCUT2D eigenvalue weighted by Crippen LogP contribution is -2.45. The highest BCUT2D eigenvalue weighted by molar-refractivity contribution is 7.89. The summed E-state index contributed by atoms with van der Waals surface area (Å²) in [6.45, 7) is 0.747. The van der Waals surface area contributed by atoms with Crippen LogP contribution in [0.5, 0.6) is 0 Å². The minimum absolute atomic E-state index is 0.0343. The van der Waals surface area contributed by atoms with Crippen LogP contribution >= 0.6 is 0 Å². The number of sulfonamides is 1. The SMILES string of the molecule is CN(C)c1cccc2c(S(=O)(=O)NC[C@@H]3CCCN(c4ccccc4)C3=O)cccc12. The van der Waals surface area contributed by atoms with Gasteiger partial charge in [-0.25, -0.2) is 13.1 Å². The van der Waals surface area contributed by atoms with Gasteiger partial charge in [0.25, 0.3) is 0 Å². The zero-order chi connectivity index (χ0) is 22.0. The molecule has 0 unspecified atom stereocenters. The molecular formula is C24H27N3O3S. The van der Waals surface area contributed by atoms with E-state index in [1.807, 2.05) is 73.6 Å². The predicted octanol–water partition coefficient (Wildman–Crippen LogP) is 3.63. The van der Waals surface area contributed by atoms with Gasteiger partial charge in [-0.1, -0.05) is 42.5 Å². The van der Waals surface area contributed by atoms with E-state index in [1.54, 1.807) is 17.0 Å². The third-order valence-corrected chi connectivity index (χ3v) is 7.25. The van der Waals surface area contributed by atoms with Crippen LogP contribution < -0.4 is 14.5 Å². The van der Waals surface area contributed by atoms with Gasteiger partial charge in [-0.2, -0.15) is 0 Å². The van der Waals surface area contributed by atoms with E-state index in [1.165, 1.54) is 0 Å². The van der Waals surface area contributed by atoms with Gasteiger partial charge in [-0.05, 0) is 37.1 Å². The Kier molecular flexibility index (Phi) is 5.98. The second-order valence-electron chi connectivity index (χ2n) is 8.04. The van der Waals surface area contributed by atoms with E-state index < -0.39 is 10.0 Å². The number of para-hydroxylation sites is 1. The topological polar surface area (TPSA) is 69.7 Å². The molecule has 3 aromatic rings. The molecule has 1 aliphatic rings. The van der Waals surface area contributed by atoms with Gasteiger partial charge >= 0.3 is 0 Å². The summed E-state index contributed by atoms with van der Waals surface area (Å²) in [7, 11) is 0.0903. The molecule has 6 nitrogen and oxygen atoms in total. The molecule has 1 fully saturated rings. The number of nitrogens with one attached hydrogen (secondary N) is 1. The second kappa shape index (κ2) is 8.69. The van der Waals surface area contributed by atoms with Crippen molar-refractivity contribution in [2.24, 2.45) is 5.92 Å². The number of carbonyl (C=O) groups is 1. The average Bonchev–Trinajstić information content (AvgIpc) is 2.78. The third-order valence-electron chi connectivity index (χ3n) is 5.77. The number of rotatable bonds is 6. The monoisotopic (exact) mass is 437 g/mol. The van der Waals surface area contributed by atoms with Crippen LogP contribution in [0.4, 0.5) is 11.4 Å². The highest BCUT2D eigenvalue weighted by Gasteiger charge is 2.31. The Morgan fingerprint density at radius 2 is 1.68 bits per heavy atom. The largest absolute Gasteiger partial charge is 0.377 e. The Morgan fingerprint density at radius 1 is 0.968 bits per heavy atom. The lowest BCUT2D eigenvalue weighted by Gasteiger charge is -2.32.